The van der Waals surface area contributed by atoms with Crippen LogP contribution < -0.4 is 0 Å². The van der Waals surface area contributed by atoms with Gasteiger partial charge in [0.1, 0.15) is 11.4 Å². The number of amides is 1. The number of sulfone groups is 1. The molecule has 1 unspecified atom stereocenters. The Labute approximate surface area is 136 Å². The Morgan fingerprint density at radius 3 is 2.48 bits per heavy atom. The van der Waals surface area contributed by atoms with Crippen molar-refractivity contribution in [3.05, 3.63) is 30.1 Å². The van der Waals surface area contributed by atoms with Gasteiger partial charge in [-0.05, 0) is 57.9 Å². The summed E-state index contributed by atoms with van der Waals surface area (Å²) in [5, 5.41) is 0. The zero-order valence-electron chi connectivity index (χ0n) is 13.6. The van der Waals surface area contributed by atoms with Crippen molar-refractivity contribution < 1.29 is 22.3 Å². The van der Waals surface area contributed by atoms with Crippen LogP contribution in [0, 0.1) is 5.82 Å². The standard InChI is InChI=1S/C16H22FNO4S/c1-16(2,3)22-15(19)18-10-4-5-13(18)11-23(20,21)14-8-6-12(17)7-9-14/h6-9,13H,4-5,10-11H2,1-3H3. The highest BCUT2D eigenvalue weighted by Crippen LogP contribution is 2.24. The quantitative estimate of drug-likeness (QED) is 0.792. The fourth-order valence-electron chi connectivity index (χ4n) is 2.56. The number of hydrogen-bond acceptors (Lipinski definition) is 4. The van der Waals surface area contributed by atoms with E-state index < -0.39 is 33.4 Å². The third-order valence-corrected chi connectivity index (χ3v) is 5.40. The molecule has 0 N–H and O–H groups in total. The maximum absolute atomic E-state index is 12.9. The minimum absolute atomic E-state index is 0.0648. The maximum Gasteiger partial charge on any atom is 0.410 e. The average Bonchev–Trinajstić information content (AvgIpc) is 2.84. The highest BCUT2D eigenvalue weighted by atomic mass is 32.2. The van der Waals surface area contributed by atoms with Crippen LogP contribution in [-0.4, -0.2) is 43.4 Å². The van der Waals surface area contributed by atoms with Crippen molar-refractivity contribution in [2.45, 2.75) is 50.2 Å². The smallest absolute Gasteiger partial charge is 0.410 e. The molecule has 1 aliphatic rings. The van der Waals surface area contributed by atoms with Gasteiger partial charge in [-0.25, -0.2) is 17.6 Å². The van der Waals surface area contributed by atoms with Crippen LogP contribution in [0.25, 0.3) is 0 Å². The number of nitrogens with zero attached hydrogens (tertiary/aromatic N) is 1. The maximum atomic E-state index is 12.9. The molecule has 5 nitrogen and oxygen atoms in total. The molecular weight excluding hydrogens is 321 g/mol. The SMILES string of the molecule is CC(C)(C)OC(=O)N1CCCC1CS(=O)(=O)c1ccc(F)cc1. The Morgan fingerprint density at radius 2 is 1.91 bits per heavy atom. The molecule has 0 saturated carbocycles. The van der Waals surface area contributed by atoms with Crippen molar-refractivity contribution in [1.29, 1.82) is 0 Å². The van der Waals surface area contributed by atoms with Crippen molar-refractivity contribution in [3.8, 4) is 0 Å². The van der Waals surface area contributed by atoms with E-state index in [1.54, 1.807) is 20.8 Å². The van der Waals surface area contributed by atoms with E-state index in [2.05, 4.69) is 0 Å². The minimum atomic E-state index is -3.59. The van der Waals surface area contributed by atoms with Gasteiger partial charge in [0, 0.05) is 12.6 Å². The van der Waals surface area contributed by atoms with E-state index in [9.17, 15) is 17.6 Å². The van der Waals surface area contributed by atoms with E-state index in [1.807, 2.05) is 0 Å². The van der Waals surface area contributed by atoms with Crippen LogP contribution in [0.3, 0.4) is 0 Å². The van der Waals surface area contributed by atoms with E-state index in [-0.39, 0.29) is 10.6 Å². The highest BCUT2D eigenvalue weighted by Gasteiger charge is 2.35. The van der Waals surface area contributed by atoms with Gasteiger partial charge in [-0.3, -0.25) is 0 Å². The summed E-state index contributed by atoms with van der Waals surface area (Å²) in [4.78, 5) is 13.7. The minimum Gasteiger partial charge on any atom is -0.444 e. The van der Waals surface area contributed by atoms with Crippen LogP contribution in [0.1, 0.15) is 33.6 Å². The lowest BCUT2D eigenvalue weighted by Gasteiger charge is -2.28. The molecule has 128 valence electrons. The molecule has 1 amide bonds. The summed E-state index contributed by atoms with van der Waals surface area (Å²) in [7, 11) is -3.59. The number of carbonyl (C=O) groups excluding carboxylic acids is 1. The van der Waals surface area contributed by atoms with E-state index in [1.165, 1.54) is 17.0 Å². The monoisotopic (exact) mass is 343 g/mol. The molecule has 0 aliphatic carbocycles. The molecule has 1 heterocycles. The first-order chi connectivity index (χ1) is 10.6. The molecule has 2 rings (SSSR count). The molecule has 1 aliphatic heterocycles. The first-order valence-electron chi connectivity index (χ1n) is 7.56. The summed E-state index contributed by atoms with van der Waals surface area (Å²) in [6.07, 6.45) is 0.858. The summed E-state index contributed by atoms with van der Waals surface area (Å²) < 4.78 is 43.2. The lowest BCUT2D eigenvalue weighted by molar-refractivity contribution is 0.0241. The molecule has 1 fully saturated rings. The van der Waals surface area contributed by atoms with Crippen LogP contribution in [0.15, 0.2) is 29.2 Å². The second kappa shape index (κ2) is 6.47. The van der Waals surface area contributed by atoms with Gasteiger partial charge < -0.3 is 9.64 Å². The lowest BCUT2D eigenvalue weighted by Crippen LogP contribution is -2.42. The molecule has 0 bridgehead atoms. The van der Waals surface area contributed by atoms with E-state index in [0.717, 1.165) is 18.6 Å². The van der Waals surface area contributed by atoms with Gasteiger partial charge >= 0.3 is 6.09 Å². The Balaban J connectivity index is 2.11. The first-order valence-corrected chi connectivity index (χ1v) is 9.22. The summed E-state index contributed by atoms with van der Waals surface area (Å²) >= 11 is 0. The molecule has 23 heavy (non-hydrogen) atoms. The zero-order chi connectivity index (χ0) is 17.3. The summed E-state index contributed by atoms with van der Waals surface area (Å²) in [5.74, 6) is -0.669. The molecule has 1 saturated heterocycles. The largest absolute Gasteiger partial charge is 0.444 e. The van der Waals surface area contributed by atoms with Gasteiger partial charge in [-0.2, -0.15) is 0 Å². The molecule has 1 aromatic carbocycles. The molecule has 1 atom stereocenters. The summed E-state index contributed by atoms with van der Waals surface area (Å²) in [6, 6.07) is 4.31. The summed E-state index contributed by atoms with van der Waals surface area (Å²) in [5.41, 5.74) is -0.625. The number of likely N-dealkylation sites (tertiary alicyclic amines) is 1. The third-order valence-electron chi connectivity index (χ3n) is 3.59. The van der Waals surface area contributed by atoms with Gasteiger partial charge in [-0.15, -0.1) is 0 Å². The van der Waals surface area contributed by atoms with Gasteiger partial charge in [0.25, 0.3) is 0 Å². The second-order valence-electron chi connectivity index (χ2n) is 6.71. The normalized spacial score (nSPS) is 19.0. The fraction of sp³-hybridized carbons (Fsp3) is 0.562. The van der Waals surface area contributed by atoms with Crippen molar-refractivity contribution >= 4 is 15.9 Å². The van der Waals surface area contributed by atoms with Crippen LogP contribution in [-0.2, 0) is 14.6 Å². The van der Waals surface area contributed by atoms with Crippen molar-refractivity contribution in [2.75, 3.05) is 12.3 Å². The fourth-order valence-corrected chi connectivity index (χ4v) is 4.16. The number of halogens is 1. The van der Waals surface area contributed by atoms with Gasteiger partial charge in [0.05, 0.1) is 10.6 Å². The molecular formula is C16H22FNO4S. The molecule has 0 spiro atoms. The van der Waals surface area contributed by atoms with Gasteiger partial charge in [0.2, 0.25) is 0 Å². The van der Waals surface area contributed by atoms with Crippen molar-refractivity contribution in [3.63, 3.8) is 0 Å². The second-order valence-corrected chi connectivity index (χ2v) is 8.74. The number of carbonyl (C=O) groups is 1. The van der Waals surface area contributed by atoms with Crippen LogP contribution in [0.2, 0.25) is 0 Å². The van der Waals surface area contributed by atoms with E-state index in [0.29, 0.717) is 13.0 Å². The predicted octanol–water partition coefficient (Wildman–Crippen LogP) is 3.00. The molecule has 0 aromatic heterocycles. The number of rotatable bonds is 3. The topological polar surface area (TPSA) is 63.7 Å². The van der Waals surface area contributed by atoms with Crippen molar-refractivity contribution in [1.82, 2.24) is 4.90 Å². The van der Waals surface area contributed by atoms with Crippen molar-refractivity contribution in [2.24, 2.45) is 0 Å². The predicted molar refractivity (Wildman–Crippen MR) is 84.4 cm³/mol. The van der Waals surface area contributed by atoms with E-state index >= 15 is 0 Å². The third kappa shape index (κ3) is 4.67. The van der Waals surface area contributed by atoms with E-state index in [4.69, 9.17) is 4.74 Å². The summed E-state index contributed by atoms with van der Waals surface area (Å²) in [6.45, 7) is 5.79. The van der Waals surface area contributed by atoms with Crippen LogP contribution in [0.5, 0.6) is 0 Å². The van der Waals surface area contributed by atoms with Gasteiger partial charge in [-0.1, -0.05) is 0 Å². The zero-order valence-corrected chi connectivity index (χ0v) is 14.4. The Morgan fingerprint density at radius 1 is 1.30 bits per heavy atom. The van der Waals surface area contributed by atoms with Crippen LogP contribution in [0.4, 0.5) is 9.18 Å². The number of ether oxygens (including phenoxy) is 1. The first kappa shape index (κ1) is 17.7. The lowest BCUT2D eigenvalue weighted by atomic mass is 10.2. The molecule has 7 heteroatoms. The van der Waals surface area contributed by atoms with Crippen LogP contribution >= 0.6 is 0 Å². The number of benzene rings is 1. The molecule has 1 aromatic rings. The number of hydrogen-bond donors (Lipinski definition) is 0. The average molecular weight is 343 g/mol. The Bertz CT molecular complexity index is 664. The molecule has 0 radical (unpaired) electrons. The highest BCUT2D eigenvalue weighted by molar-refractivity contribution is 7.91. The van der Waals surface area contributed by atoms with Gasteiger partial charge in [0.15, 0.2) is 9.84 Å². The Kier molecular flexibility index (Phi) is 4.98. The Hall–Kier alpha value is -1.63.